The normalized spacial score (nSPS) is 13.4. The van der Waals surface area contributed by atoms with Crippen molar-refractivity contribution in [3.05, 3.63) is 41.3 Å². The third kappa shape index (κ3) is 3.40. The van der Waals surface area contributed by atoms with Gasteiger partial charge in [-0.2, -0.15) is 13.2 Å². The fourth-order valence-corrected chi connectivity index (χ4v) is 1.64. The van der Waals surface area contributed by atoms with E-state index in [9.17, 15) is 26.7 Å². The second-order valence-electron chi connectivity index (χ2n) is 3.65. The van der Waals surface area contributed by atoms with Crippen LogP contribution in [0.4, 0.5) is 22.0 Å². The molecular formula is C11H9F5NO2. The van der Waals surface area contributed by atoms with Crippen molar-refractivity contribution in [3.8, 4) is 0 Å². The molecule has 1 aromatic carbocycles. The van der Waals surface area contributed by atoms with Gasteiger partial charge in [0.1, 0.15) is 11.6 Å². The average molecular weight is 282 g/mol. The van der Waals surface area contributed by atoms with E-state index in [4.69, 9.17) is 10.8 Å². The Morgan fingerprint density at radius 1 is 1.37 bits per heavy atom. The highest BCUT2D eigenvalue weighted by molar-refractivity contribution is 5.95. The number of hydrogen-bond acceptors (Lipinski definition) is 2. The van der Waals surface area contributed by atoms with Gasteiger partial charge < -0.3 is 10.8 Å². The van der Waals surface area contributed by atoms with Crippen molar-refractivity contribution in [3.63, 3.8) is 0 Å². The minimum atomic E-state index is -4.92. The maximum Gasteiger partial charge on any atom is 0.396 e. The van der Waals surface area contributed by atoms with Gasteiger partial charge in [0.25, 0.3) is 5.91 Å². The van der Waals surface area contributed by atoms with Crippen molar-refractivity contribution in [1.82, 2.24) is 0 Å². The third-order valence-corrected chi connectivity index (χ3v) is 2.36. The first-order chi connectivity index (χ1) is 8.68. The van der Waals surface area contributed by atoms with E-state index in [0.29, 0.717) is 12.5 Å². The first-order valence-electron chi connectivity index (χ1n) is 4.98. The highest BCUT2D eigenvalue weighted by Crippen LogP contribution is 2.39. The number of halogens is 5. The number of primary amides is 1. The Labute approximate surface area is 104 Å². The Morgan fingerprint density at radius 2 is 1.95 bits per heavy atom. The average Bonchev–Trinajstić information content (AvgIpc) is 2.22. The van der Waals surface area contributed by atoms with Crippen molar-refractivity contribution in [1.29, 1.82) is 0 Å². The van der Waals surface area contributed by atoms with Crippen LogP contribution in [0.25, 0.3) is 0 Å². The van der Waals surface area contributed by atoms with Crippen LogP contribution in [0.15, 0.2) is 12.1 Å². The molecule has 0 saturated carbocycles. The Morgan fingerprint density at radius 3 is 2.37 bits per heavy atom. The second kappa shape index (κ2) is 5.52. The van der Waals surface area contributed by atoms with E-state index in [2.05, 4.69) is 0 Å². The molecule has 0 aliphatic carbocycles. The van der Waals surface area contributed by atoms with Gasteiger partial charge in [0.05, 0.1) is 11.5 Å². The summed E-state index contributed by atoms with van der Waals surface area (Å²) in [6.07, 6.45) is -4.55. The molecule has 0 unspecified atom stereocenters. The molecule has 1 aromatic rings. The summed E-state index contributed by atoms with van der Waals surface area (Å²) in [6.45, 7) is -0.986. The number of hydrogen-bond donors (Lipinski definition) is 2. The van der Waals surface area contributed by atoms with Crippen molar-refractivity contribution in [2.75, 3.05) is 6.61 Å². The van der Waals surface area contributed by atoms with Crippen LogP contribution in [0.5, 0.6) is 0 Å². The molecule has 0 fully saturated rings. The maximum atomic E-state index is 13.4. The van der Waals surface area contributed by atoms with Gasteiger partial charge in [-0.1, -0.05) is 0 Å². The summed E-state index contributed by atoms with van der Waals surface area (Å²) in [5.41, 5.74) is 2.78. The summed E-state index contributed by atoms with van der Waals surface area (Å²) in [4.78, 5) is 11.0. The fourth-order valence-electron chi connectivity index (χ4n) is 1.64. The van der Waals surface area contributed by atoms with Crippen LogP contribution in [-0.2, 0) is 0 Å². The minimum absolute atomic E-state index is 0.260. The number of amides is 1. The van der Waals surface area contributed by atoms with Gasteiger partial charge in [0.2, 0.25) is 0 Å². The third-order valence-electron chi connectivity index (χ3n) is 2.36. The SMILES string of the molecule is NC(=O)c1c(F)cc(F)cc1[C@@H]([CH]CO)C(F)(F)F. The zero-order valence-corrected chi connectivity index (χ0v) is 9.34. The second-order valence-corrected chi connectivity index (χ2v) is 3.65. The number of nitrogens with two attached hydrogens (primary N) is 1. The van der Waals surface area contributed by atoms with Crippen molar-refractivity contribution in [2.45, 2.75) is 12.1 Å². The van der Waals surface area contributed by atoms with Gasteiger partial charge in [0.15, 0.2) is 0 Å². The van der Waals surface area contributed by atoms with Crippen LogP contribution in [-0.4, -0.2) is 23.8 Å². The number of aliphatic hydroxyl groups is 1. The van der Waals surface area contributed by atoms with Gasteiger partial charge in [-0.15, -0.1) is 0 Å². The molecule has 1 rings (SSSR count). The molecule has 8 heteroatoms. The van der Waals surface area contributed by atoms with Gasteiger partial charge in [-0.3, -0.25) is 4.79 Å². The number of alkyl halides is 3. The topological polar surface area (TPSA) is 63.3 Å². The lowest BCUT2D eigenvalue weighted by Gasteiger charge is -2.21. The van der Waals surface area contributed by atoms with E-state index >= 15 is 0 Å². The van der Waals surface area contributed by atoms with Crippen LogP contribution >= 0.6 is 0 Å². The lowest BCUT2D eigenvalue weighted by atomic mass is 9.90. The van der Waals surface area contributed by atoms with E-state index in [1.165, 1.54) is 0 Å². The molecule has 1 amide bonds. The largest absolute Gasteiger partial charge is 0.396 e. The van der Waals surface area contributed by atoms with Crippen molar-refractivity contribution >= 4 is 5.91 Å². The zero-order valence-electron chi connectivity index (χ0n) is 9.34. The number of aliphatic hydroxyl groups excluding tert-OH is 1. The lowest BCUT2D eigenvalue weighted by Crippen LogP contribution is -2.27. The van der Waals surface area contributed by atoms with Gasteiger partial charge in [-0.25, -0.2) is 8.78 Å². The van der Waals surface area contributed by atoms with Crippen LogP contribution < -0.4 is 5.73 Å². The minimum Gasteiger partial charge on any atom is -0.396 e. The Hall–Kier alpha value is -1.70. The Kier molecular flexibility index (Phi) is 4.46. The summed E-state index contributed by atoms with van der Waals surface area (Å²) in [5.74, 6) is -6.71. The van der Waals surface area contributed by atoms with Crippen LogP contribution in [0.1, 0.15) is 21.8 Å². The van der Waals surface area contributed by atoms with Crippen LogP contribution in [0, 0.1) is 18.1 Å². The molecule has 19 heavy (non-hydrogen) atoms. The number of benzene rings is 1. The van der Waals surface area contributed by atoms with Gasteiger partial charge in [-0.05, 0) is 11.6 Å². The van der Waals surface area contributed by atoms with E-state index < -0.39 is 47.4 Å². The molecule has 0 spiro atoms. The molecule has 0 heterocycles. The zero-order chi connectivity index (χ0) is 14.8. The molecule has 0 aromatic heterocycles. The Bertz CT molecular complexity index is 487. The molecular weight excluding hydrogens is 273 g/mol. The predicted octanol–water partition coefficient (Wildman–Crippen LogP) is 1.91. The molecule has 1 atom stereocenters. The Balaban J connectivity index is 3.49. The highest BCUT2D eigenvalue weighted by Gasteiger charge is 2.42. The fraction of sp³-hybridized carbons (Fsp3) is 0.273. The van der Waals surface area contributed by atoms with Crippen LogP contribution in [0.3, 0.4) is 0 Å². The first-order valence-corrected chi connectivity index (χ1v) is 4.98. The first kappa shape index (κ1) is 15.4. The van der Waals surface area contributed by atoms with Crippen molar-refractivity contribution < 1.29 is 31.9 Å². The molecule has 0 saturated heterocycles. The summed E-state index contributed by atoms with van der Waals surface area (Å²) in [6, 6.07) is 0.628. The molecule has 3 N–H and O–H groups in total. The summed E-state index contributed by atoms with van der Waals surface area (Å²) >= 11 is 0. The summed E-state index contributed by atoms with van der Waals surface area (Å²) in [5, 5.41) is 8.57. The van der Waals surface area contributed by atoms with E-state index in [-0.39, 0.29) is 6.07 Å². The molecule has 0 bridgehead atoms. The monoisotopic (exact) mass is 282 g/mol. The van der Waals surface area contributed by atoms with E-state index in [1.807, 2.05) is 0 Å². The summed E-state index contributed by atoms with van der Waals surface area (Å²) < 4.78 is 64.7. The molecule has 1 radical (unpaired) electrons. The molecule has 0 aliphatic rings. The number of rotatable bonds is 4. The quantitative estimate of drug-likeness (QED) is 0.828. The number of carbonyl (C=O) groups is 1. The van der Waals surface area contributed by atoms with Gasteiger partial charge in [0, 0.05) is 19.1 Å². The van der Waals surface area contributed by atoms with Gasteiger partial charge >= 0.3 is 6.18 Å². The smallest absolute Gasteiger partial charge is 0.396 e. The highest BCUT2D eigenvalue weighted by atomic mass is 19.4. The van der Waals surface area contributed by atoms with E-state index in [0.717, 1.165) is 0 Å². The maximum absolute atomic E-state index is 13.4. The van der Waals surface area contributed by atoms with Crippen LogP contribution in [0.2, 0.25) is 0 Å². The lowest BCUT2D eigenvalue weighted by molar-refractivity contribution is -0.144. The summed E-state index contributed by atoms with van der Waals surface area (Å²) in [7, 11) is 0. The predicted molar refractivity (Wildman–Crippen MR) is 55.1 cm³/mol. The standard InChI is InChI=1S/C11H9F5NO2/c12-5-3-6(7(1-2-18)11(14,15)16)9(10(17)19)8(13)4-5/h1,3-4,7,18H,2H2,(H2,17,19)/t7-/m1/s1. The molecule has 3 nitrogen and oxygen atoms in total. The molecule has 105 valence electrons. The van der Waals surface area contributed by atoms with Crippen molar-refractivity contribution in [2.24, 2.45) is 5.73 Å². The number of carbonyl (C=O) groups excluding carboxylic acids is 1. The van der Waals surface area contributed by atoms with E-state index in [1.54, 1.807) is 0 Å². The molecule has 0 aliphatic heterocycles.